The van der Waals surface area contributed by atoms with E-state index in [1.54, 1.807) is 11.8 Å². The molecule has 1 saturated carbocycles. The van der Waals surface area contributed by atoms with E-state index >= 15 is 0 Å². The number of aromatic nitrogens is 2. The lowest BCUT2D eigenvalue weighted by Crippen LogP contribution is -2.02. The summed E-state index contributed by atoms with van der Waals surface area (Å²) in [5, 5.41) is 14.4. The van der Waals surface area contributed by atoms with Gasteiger partial charge in [-0.1, -0.05) is 12.8 Å². The molecule has 1 unspecified atom stereocenters. The number of methoxy groups -OCH3 is 1. The molecule has 0 spiro atoms. The highest BCUT2D eigenvalue weighted by Gasteiger charge is 2.26. The van der Waals surface area contributed by atoms with E-state index in [0.717, 1.165) is 30.0 Å². The van der Waals surface area contributed by atoms with Crippen molar-refractivity contribution in [2.75, 3.05) is 7.11 Å². The summed E-state index contributed by atoms with van der Waals surface area (Å²) >= 11 is 0. The molecule has 1 N–H and O–H groups in total. The molecule has 16 heavy (non-hydrogen) atoms. The molecule has 0 aliphatic heterocycles. The Morgan fingerprint density at radius 2 is 2.25 bits per heavy atom. The van der Waals surface area contributed by atoms with Crippen molar-refractivity contribution in [1.29, 1.82) is 0 Å². The molecular weight excluding hydrogens is 204 g/mol. The Labute approximate surface area is 96.2 Å². The van der Waals surface area contributed by atoms with Crippen LogP contribution in [0.1, 0.15) is 43.0 Å². The minimum Gasteiger partial charge on any atom is -0.481 e. The Bertz CT molecular complexity index is 369. The lowest BCUT2D eigenvalue weighted by Gasteiger charge is -2.11. The van der Waals surface area contributed by atoms with Gasteiger partial charge in [0.2, 0.25) is 5.88 Å². The molecule has 4 nitrogen and oxygen atoms in total. The summed E-state index contributed by atoms with van der Waals surface area (Å²) in [6.07, 6.45) is 4.14. The molecule has 0 radical (unpaired) electrons. The summed E-state index contributed by atoms with van der Waals surface area (Å²) in [6, 6.07) is 0. The van der Waals surface area contributed by atoms with Gasteiger partial charge in [0.15, 0.2) is 0 Å². The molecule has 0 saturated heterocycles. The van der Waals surface area contributed by atoms with Gasteiger partial charge in [0.05, 0.1) is 24.5 Å². The zero-order chi connectivity index (χ0) is 11.7. The van der Waals surface area contributed by atoms with Crippen molar-refractivity contribution in [3.05, 3.63) is 11.3 Å². The van der Waals surface area contributed by atoms with Crippen molar-refractivity contribution in [3.63, 3.8) is 0 Å². The van der Waals surface area contributed by atoms with Crippen LogP contribution < -0.4 is 4.74 Å². The van der Waals surface area contributed by atoms with Gasteiger partial charge in [0, 0.05) is 7.05 Å². The van der Waals surface area contributed by atoms with Crippen molar-refractivity contribution in [1.82, 2.24) is 9.78 Å². The van der Waals surface area contributed by atoms with Crippen LogP contribution >= 0.6 is 0 Å². The third-order valence-electron chi connectivity index (χ3n) is 3.29. The predicted octanol–water partition coefficient (Wildman–Crippen LogP) is 1.96. The Balaban J connectivity index is 2.10. The minimum absolute atomic E-state index is 0.441. The van der Waals surface area contributed by atoms with E-state index in [2.05, 4.69) is 5.10 Å². The van der Waals surface area contributed by atoms with Crippen LogP contribution in [0.5, 0.6) is 5.88 Å². The van der Waals surface area contributed by atoms with Crippen molar-refractivity contribution in [2.45, 2.75) is 38.7 Å². The van der Waals surface area contributed by atoms with Crippen molar-refractivity contribution in [3.8, 4) is 5.88 Å². The van der Waals surface area contributed by atoms with Gasteiger partial charge in [-0.3, -0.25) is 0 Å². The number of aryl methyl sites for hydroxylation is 2. The van der Waals surface area contributed by atoms with Crippen LogP contribution in [-0.4, -0.2) is 22.0 Å². The molecule has 1 aromatic rings. The largest absolute Gasteiger partial charge is 0.481 e. The highest BCUT2D eigenvalue weighted by Crippen LogP contribution is 2.38. The second-order valence-corrected chi connectivity index (χ2v) is 4.67. The minimum atomic E-state index is -0.441. The second-order valence-electron chi connectivity index (χ2n) is 4.67. The topological polar surface area (TPSA) is 47.3 Å². The number of aliphatic hydroxyl groups excluding tert-OH is 1. The van der Waals surface area contributed by atoms with Gasteiger partial charge in [-0.25, -0.2) is 4.68 Å². The standard InChI is InChI=1S/C12H20N2O2/c1-8-11(12(16-3)14(2)13-8)10(15)7-6-9-4-5-9/h9-10,15H,4-7H2,1-3H3. The van der Waals surface area contributed by atoms with Crippen LogP contribution in [0.4, 0.5) is 0 Å². The van der Waals surface area contributed by atoms with Gasteiger partial charge in [-0.05, 0) is 25.7 Å². The lowest BCUT2D eigenvalue weighted by molar-refractivity contribution is 0.157. The quantitative estimate of drug-likeness (QED) is 0.831. The molecule has 1 aromatic heterocycles. The van der Waals surface area contributed by atoms with Crippen molar-refractivity contribution >= 4 is 0 Å². The zero-order valence-corrected chi connectivity index (χ0v) is 10.2. The first-order chi connectivity index (χ1) is 7.63. The summed E-state index contributed by atoms with van der Waals surface area (Å²) in [5.74, 6) is 1.53. The monoisotopic (exact) mass is 224 g/mol. The number of ether oxygens (including phenoxy) is 1. The van der Waals surface area contributed by atoms with Gasteiger partial charge < -0.3 is 9.84 Å². The molecule has 0 bridgehead atoms. The first-order valence-corrected chi connectivity index (χ1v) is 5.89. The normalized spacial score (nSPS) is 17.5. The average molecular weight is 224 g/mol. The smallest absolute Gasteiger partial charge is 0.217 e. The molecule has 0 amide bonds. The summed E-state index contributed by atoms with van der Waals surface area (Å²) in [4.78, 5) is 0. The Morgan fingerprint density at radius 1 is 1.56 bits per heavy atom. The summed E-state index contributed by atoms with van der Waals surface area (Å²) in [5.41, 5.74) is 1.72. The molecule has 1 heterocycles. The van der Waals surface area contributed by atoms with E-state index in [1.165, 1.54) is 12.8 Å². The van der Waals surface area contributed by atoms with Crippen LogP contribution in [0.15, 0.2) is 0 Å². The van der Waals surface area contributed by atoms with Gasteiger partial charge in [0.25, 0.3) is 0 Å². The van der Waals surface area contributed by atoms with E-state index < -0.39 is 6.10 Å². The van der Waals surface area contributed by atoms with Gasteiger partial charge in [-0.2, -0.15) is 5.10 Å². The molecular formula is C12H20N2O2. The molecule has 4 heteroatoms. The molecule has 90 valence electrons. The maximum absolute atomic E-state index is 10.2. The van der Waals surface area contributed by atoms with Gasteiger partial charge in [-0.15, -0.1) is 0 Å². The molecule has 1 atom stereocenters. The molecule has 1 aliphatic carbocycles. The van der Waals surface area contributed by atoms with Crippen molar-refractivity contribution < 1.29 is 9.84 Å². The SMILES string of the molecule is COc1c(C(O)CCC2CC2)c(C)nn1C. The summed E-state index contributed by atoms with van der Waals surface area (Å²) in [6.45, 7) is 1.91. The van der Waals surface area contributed by atoms with E-state index in [9.17, 15) is 5.11 Å². The first kappa shape index (κ1) is 11.5. The zero-order valence-electron chi connectivity index (χ0n) is 10.2. The number of nitrogens with zero attached hydrogens (tertiary/aromatic N) is 2. The van der Waals surface area contributed by atoms with E-state index in [4.69, 9.17) is 4.74 Å². The average Bonchev–Trinajstić information content (AvgIpc) is 3.01. The summed E-state index contributed by atoms with van der Waals surface area (Å²) < 4.78 is 6.97. The fourth-order valence-corrected chi connectivity index (χ4v) is 2.22. The number of hydrogen-bond donors (Lipinski definition) is 1. The highest BCUT2D eigenvalue weighted by molar-refractivity contribution is 5.33. The van der Waals surface area contributed by atoms with Crippen LogP contribution in [-0.2, 0) is 7.05 Å². The Morgan fingerprint density at radius 3 is 2.81 bits per heavy atom. The fourth-order valence-electron chi connectivity index (χ4n) is 2.22. The fraction of sp³-hybridized carbons (Fsp3) is 0.750. The molecule has 2 rings (SSSR count). The number of rotatable bonds is 5. The van der Waals surface area contributed by atoms with E-state index in [0.29, 0.717) is 5.88 Å². The first-order valence-electron chi connectivity index (χ1n) is 5.89. The number of aliphatic hydroxyl groups is 1. The molecule has 1 fully saturated rings. The number of hydrogen-bond acceptors (Lipinski definition) is 3. The van der Waals surface area contributed by atoms with E-state index in [1.807, 2.05) is 14.0 Å². The van der Waals surface area contributed by atoms with E-state index in [-0.39, 0.29) is 0 Å². The predicted molar refractivity (Wildman–Crippen MR) is 61.4 cm³/mol. The molecule has 1 aliphatic rings. The highest BCUT2D eigenvalue weighted by atomic mass is 16.5. The van der Waals surface area contributed by atoms with Crippen LogP contribution in [0.3, 0.4) is 0 Å². The summed E-state index contributed by atoms with van der Waals surface area (Å²) in [7, 11) is 3.45. The third kappa shape index (κ3) is 2.21. The Kier molecular flexibility index (Phi) is 3.19. The maximum Gasteiger partial charge on any atom is 0.217 e. The third-order valence-corrected chi connectivity index (χ3v) is 3.29. The second kappa shape index (κ2) is 4.45. The van der Waals surface area contributed by atoms with Gasteiger partial charge in [0.1, 0.15) is 0 Å². The van der Waals surface area contributed by atoms with Crippen LogP contribution in [0.25, 0.3) is 0 Å². The van der Waals surface area contributed by atoms with Crippen molar-refractivity contribution in [2.24, 2.45) is 13.0 Å². The molecule has 0 aromatic carbocycles. The Hall–Kier alpha value is -1.03. The van der Waals surface area contributed by atoms with Crippen LogP contribution in [0.2, 0.25) is 0 Å². The maximum atomic E-state index is 10.2. The lowest BCUT2D eigenvalue weighted by atomic mass is 10.0. The van der Waals surface area contributed by atoms with Crippen LogP contribution in [0, 0.1) is 12.8 Å². The van der Waals surface area contributed by atoms with Gasteiger partial charge >= 0.3 is 0 Å².